The molecule has 0 fully saturated rings. The molecule has 0 saturated carbocycles. The van der Waals surface area contributed by atoms with Gasteiger partial charge in [-0.3, -0.25) is 0 Å². The van der Waals surface area contributed by atoms with Gasteiger partial charge in [0.15, 0.2) is 0 Å². The minimum Gasteiger partial charge on any atom is -0.313 e. The van der Waals surface area contributed by atoms with Crippen LogP contribution in [-0.2, 0) is 0 Å². The van der Waals surface area contributed by atoms with Gasteiger partial charge in [0.05, 0.1) is 0 Å². The second-order valence-electron chi connectivity index (χ2n) is 3.96. The van der Waals surface area contributed by atoms with Crippen molar-refractivity contribution in [2.75, 3.05) is 7.05 Å². The van der Waals surface area contributed by atoms with E-state index in [1.807, 2.05) is 18.4 Å². The second kappa shape index (κ2) is 6.18. The Bertz CT molecular complexity index is 542. The lowest BCUT2D eigenvalue weighted by Crippen LogP contribution is -2.10. The Labute approximate surface area is 136 Å². The quantitative estimate of drug-likeness (QED) is 0.602. The summed E-state index contributed by atoms with van der Waals surface area (Å²) in [5.41, 5.74) is 1.21. The Balaban J connectivity index is 2.46. The van der Waals surface area contributed by atoms with Crippen molar-refractivity contribution in [3.63, 3.8) is 0 Å². The van der Waals surface area contributed by atoms with Crippen LogP contribution in [0.5, 0.6) is 0 Å². The van der Waals surface area contributed by atoms with E-state index >= 15 is 0 Å². The van der Waals surface area contributed by atoms with Crippen molar-refractivity contribution in [1.29, 1.82) is 0 Å². The van der Waals surface area contributed by atoms with E-state index in [1.165, 1.54) is 15.3 Å². The molecule has 5 heteroatoms. The van der Waals surface area contributed by atoms with Crippen LogP contribution in [0.15, 0.2) is 37.7 Å². The summed E-state index contributed by atoms with van der Waals surface area (Å²) < 4.78 is 3.24. The molecule has 18 heavy (non-hydrogen) atoms. The van der Waals surface area contributed by atoms with Gasteiger partial charge >= 0.3 is 0 Å². The van der Waals surface area contributed by atoms with Crippen molar-refractivity contribution in [1.82, 2.24) is 5.32 Å². The summed E-state index contributed by atoms with van der Waals surface area (Å²) in [5, 5.41) is 3.26. The summed E-state index contributed by atoms with van der Waals surface area (Å²) in [6.45, 7) is 2.17. The highest BCUT2D eigenvalue weighted by atomic mass is 79.9. The van der Waals surface area contributed by atoms with Gasteiger partial charge in [-0.25, -0.2) is 0 Å². The lowest BCUT2D eigenvalue weighted by Gasteiger charge is -2.08. The molecule has 0 bridgehead atoms. The third kappa shape index (κ3) is 3.07. The van der Waals surface area contributed by atoms with E-state index in [0.29, 0.717) is 6.04 Å². The number of hydrogen-bond donors (Lipinski definition) is 1. The van der Waals surface area contributed by atoms with Crippen LogP contribution in [0.25, 0.3) is 10.4 Å². The minimum absolute atomic E-state index is 0.386. The molecule has 0 aliphatic heterocycles. The maximum Gasteiger partial charge on any atom is 0.0383 e. The van der Waals surface area contributed by atoms with Crippen LogP contribution in [-0.4, -0.2) is 7.05 Å². The molecule has 2 rings (SSSR count). The van der Waals surface area contributed by atoms with Crippen LogP contribution in [0.2, 0.25) is 0 Å². The van der Waals surface area contributed by atoms with Crippen molar-refractivity contribution in [3.8, 4) is 10.4 Å². The molecular formula is C13H12Br3NS. The first kappa shape index (κ1) is 14.7. The Morgan fingerprint density at radius 2 is 1.72 bits per heavy atom. The van der Waals surface area contributed by atoms with E-state index in [4.69, 9.17) is 0 Å². The van der Waals surface area contributed by atoms with Crippen LogP contribution in [0, 0.1) is 0 Å². The molecule has 1 nitrogen and oxygen atoms in total. The smallest absolute Gasteiger partial charge is 0.0383 e. The molecule has 0 radical (unpaired) electrons. The number of rotatable bonds is 3. The molecule has 1 aromatic heterocycles. The predicted octanol–water partition coefficient (Wildman–Crippen LogP) is 5.98. The van der Waals surface area contributed by atoms with Gasteiger partial charge in [0.25, 0.3) is 0 Å². The van der Waals surface area contributed by atoms with Gasteiger partial charge in [-0.15, -0.1) is 11.3 Å². The third-order valence-corrected chi connectivity index (χ3v) is 5.73. The Kier molecular flexibility index (Phi) is 5.06. The zero-order valence-corrected chi connectivity index (χ0v) is 15.5. The van der Waals surface area contributed by atoms with Gasteiger partial charge in [-0.05, 0) is 38.2 Å². The first-order chi connectivity index (χ1) is 8.52. The SMILES string of the molecule is CNC(C)c1ccc(-c2c(Br)cc(Br)cc2Br)s1. The Hall–Kier alpha value is 0.320. The van der Waals surface area contributed by atoms with Crippen molar-refractivity contribution >= 4 is 59.1 Å². The summed E-state index contributed by atoms with van der Waals surface area (Å²) in [6, 6.07) is 8.88. The Morgan fingerprint density at radius 3 is 2.28 bits per heavy atom. The van der Waals surface area contributed by atoms with Crippen LogP contribution in [0.3, 0.4) is 0 Å². The van der Waals surface area contributed by atoms with Crippen LogP contribution in [0.1, 0.15) is 17.8 Å². The van der Waals surface area contributed by atoms with Gasteiger partial charge < -0.3 is 5.32 Å². The van der Waals surface area contributed by atoms with Crippen molar-refractivity contribution in [2.45, 2.75) is 13.0 Å². The summed E-state index contributed by atoms with van der Waals surface area (Å²) in [5.74, 6) is 0. The lowest BCUT2D eigenvalue weighted by molar-refractivity contribution is 0.664. The van der Waals surface area contributed by atoms with Crippen molar-refractivity contribution in [2.24, 2.45) is 0 Å². The fourth-order valence-corrected chi connectivity index (χ4v) is 5.73. The van der Waals surface area contributed by atoms with E-state index in [-0.39, 0.29) is 0 Å². The number of nitrogens with one attached hydrogen (secondary N) is 1. The first-order valence-electron chi connectivity index (χ1n) is 5.45. The standard InChI is InChI=1S/C13H12Br3NS/c1-7(17-2)11-3-4-12(18-11)13-9(15)5-8(14)6-10(13)16/h3-7,17H,1-2H3. The number of hydrogen-bond acceptors (Lipinski definition) is 2. The van der Waals surface area contributed by atoms with E-state index in [0.717, 1.165) is 13.4 Å². The van der Waals surface area contributed by atoms with Crippen LogP contribution < -0.4 is 5.32 Å². The largest absolute Gasteiger partial charge is 0.313 e. The molecule has 1 unspecified atom stereocenters. The summed E-state index contributed by atoms with van der Waals surface area (Å²) in [6.07, 6.45) is 0. The molecule has 0 saturated heterocycles. The topological polar surface area (TPSA) is 12.0 Å². The summed E-state index contributed by atoms with van der Waals surface area (Å²) >= 11 is 12.6. The predicted molar refractivity (Wildman–Crippen MR) is 90.3 cm³/mol. The van der Waals surface area contributed by atoms with Crippen LogP contribution >= 0.6 is 59.1 Å². The second-order valence-corrected chi connectivity index (χ2v) is 7.70. The molecule has 0 amide bonds. The monoisotopic (exact) mass is 451 g/mol. The molecule has 0 aliphatic rings. The molecule has 1 N–H and O–H groups in total. The molecule has 1 atom stereocenters. The number of halogens is 3. The van der Waals surface area contributed by atoms with E-state index in [9.17, 15) is 0 Å². The molecule has 2 aromatic rings. The van der Waals surface area contributed by atoms with E-state index in [1.54, 1.807) is 0 Å². The van der Waals surface area contributed by atoms with Gasteiger partial charge in [-0.1, -0.05) is 47.8 Å². The molecule has 1 heterocycles. The molecular weight excluding hydrogens is 442 g/mol. The van der Waals surface area contributed by atoms with E-state index in [2.05, 4.69) is 84.3 Å². The molecule has 1 aromatic carbocycles. The highest BCUT2D eigenvalue weighted by Crippen LogP contribution is 2.41. The average molecular weight is 454 g/mol. The number of thiophene rings is 1. The highest BCUT2D eigenvalue weighted by molar-refractivity contribution is 9.11. The number of benzene rings is 1. The summed E-state index contributed by atoms with van der Waals surface area (Å²) in [4.78, 5) is 2.60. The van der Waals surface area contributed by atoms with Crippen LogP contribution in [0.4, 0.5) is 0 Å². The summed E-state index contributed by atoms with van der Waals surface area (Å²) in [7, 11) is 1.98. The lowest BCUT2D eigenvalue weighted by atomic mass is 10.2. The Morgan fingerprint density at radius 1 is 1.11 bits per heavy atom. The van der Waals surface area contributed by atoms with Gasteiger partial charge in [0.1, 0.15) is 0 Å². The van der Waals surface area contributed by atoms with Gasteiger partial charge in [0, 0.05) is 34.8 Å². The van der Waals surface area contributed by atoms with Crippen molar-refractivity contribution < 1.29 is 0 Å². The normalized spacial score (nSPS) is 12.7. The fraction of sp³-hybridized carbons (Fsp3) is 0.231. The van der Waals surface area contributed by atoms with Gasteiger partial charge in [0.2, 0.25) is 0 Å². The maximum absolute atomic E-state index is 3.63. The maximum atomic E-state index is 3.63. The molecule has 0 spiro atoms. The third-order valence-electron chi connectivity index (χ3n) is 2.74. The molecule has 96 valence electrons. The zero-order valence-electron chi connectivity index (χ0n) is 9.93. The van der Waals surface area contributed by atoms with Crippen molar-refractivity contribution in [3.05, 3.63) is 42.6 Å². The average Bonchev–Trinajstić information content (AvgIpc) is 2.76. The fourth-order valence-electron chi connectivity index (χ4n) is 1.64. The molecule has 0 aliphatic carbocycles. The van der Waals surface area contributed by atoms with E-state index < -0.39 is 0 Å². The highest BCUT2D eigenvalue weighted by Gasteiger charge is 2.13. The van der Waals surface area contributed by atoms with Gasteiger partial charge in [-0.2, -0.15) is 0 Å². The first-order valence-corrected chi connectivity index (χ1v) is 8.64. The zero-order chi connectivity index (χ0) is 13.3. The minimum atomic E-state index is 0.386.